The van der Waals surface area contributed by atoms with Gasteiger partial charge < -0.3 is 0 Å². The van der Waals surface area contributed by atoms with Crippen LogP contribution in [-0.4, -0.2) is 4.98 Å². The fraction of sp³-hybridized carbons (Fsp3) is 0. The van der Waals surface area contributed by atoms with E-state index in [0.29, 0.717) is 10.8 Å². The second-order valence-corrected chi connectivity index (χ2v) is 3.12. The molecule has 0 aliphatic rings. The Balaban J connectivity index is 2.67. The molecule has 0 fully saturated rings. The summed E-state index contributed by atoms with van der Waals surface area (Å²) in [7, 11) is 0. The standard InChI is InChI=1S/C9H5ClN4/c10-9-4-6-1-2-8(13-14-11)3-7(6)5-12-9/h1-5H. The molecule has 0 amide bonds. The summed E-state index contributed by atoms with van der Waals surface area (Å²) < 4.78 is 0. The monoisotopic (exact) mass is 204 g/mol. The average Bonchev–Trinajstić information content (AvgIpc) is 2.19. The number of nitrogens with zero attached hydrogens (tertiary/aromatic N) is 4. The minimum absolute atomic E-state index is 0.453. The van der Waals surface area contributed by atoms with Gasteiger partial charge in [0.05, 0.1) is 0 Å². The summed E-state index contributed by atoms with van der Waals surface area (Å²) in [5.74, 6) is 0. The number of fused-ring (bicyclic) bond motifs is 1. The van der Waals surface area contributed by atoms with Gasteiger partial charge in [-0.25, -0.2) is 4.98 Å². The van der Waals surface area contributed by atoms with E-state index in [2.05, 4.69) is 15.0 Å². The van der Waals surface area contributed by atoms with Gasteiger partial charge in [-0.3, -0.25) is 0 Å². The van der Waals surface area contributed by atoms with E-state index in [9.17, 15) is 0 Å². The summed E-state index contributed by atoms with van der Waals surface area (Å²) in [5.41, 5.74) is 8.83. The molecule has 0 atom stereocenters. The van der Waals surface area contributed by atoms with Crippen LogP contribution in [0.5, 0.6) is 0 Å². The highest BCUT2D eigenvalue weighted by Gasteiger charge is 1.96. The Labute approximate surface area is 84.8 Å². The van der Waals surface area contributed by atoms with Crippen molar-refractivity contribution in [3.8, 4) is 0 Å². The van der Waals surface area contributed by atoms with Crippen LogP contribution in [-0.2, 0) is 0 Å². The maximum Gasteiger partial charge on any atom is 0.129 e. The molecule has 4 nitrogen and oxygen atoms in total. The smallest absolute Gasteiger partial charge is 0.129 e. The maximum absolute atomic E-state index is 8.26. The third-order valence-corrected chi connectivity index (χ3v) is 2.04. The van der Waals surface area contributed by atoms with Gasteiger partial charge in [-0.1, -0.05) is 28.8 Å². The molecule has 0 spiro atoms. The van der Waals surface area contributed by atoms with Crippen LogP contribution in [0.4, 0.5) is 5.69 Å². The molecule has 2 rings (SSSR count). The third kappa shape index (κ3) is 1.62. The van der Waals surface area contributed by atoms with E-state index < -0.39 is 0 Å². The summed E-state index contributed by atoms with van der Waals surface area (Å²) >= 11 is 5.73. The first-order valence-corrected chi connectivity index (χ1v) is 4.28. The van der Waals surface area contributed by atoms with Crippen LogP contribution in [0.1, 0.15) is 0 Å². The van der Waals surface area contributed by atoms with Gasteiger partial charge in [0.2, 0.25) is 0 Å². The molecule has 0 unspecified atom stereocenters. The van der Waals surface area contributed by atoms with E-state index in [1.165, 1.54) is 0 Å². The van der Waals surface area contributed by atoms with Crippen LogP contribution in [0.25, 0.3) is 21.2 Å². The Hall–Kier alpha value is -1.77. The lowest BCUT2D eigenvalue weighted by atomic mass is 10.1. The zero-order valence-corrected chi connectivity index (χ0v) is 7.81. The summed E-state index contributed by atoms with van der Waals surface area (Å²) in [4.78, 5) is 6.65. The summed E-state index contributed by atoms with van der Waals surface area (Å²) in [5, 5.41) is 5.83. The van der Waals surface area contributed by atoms with Crippen molar-refractivity contribution in [3.63, 3.8) is 0 Å². The van der Waals surface area contributed by atoms with Crippen molar-refractivity contribution in [2.75, 3.05) is 0 Å². The Kier molecular flexibility index (Phi) is 2.23. The Bertz CT molecular complexity index is 531. The predicted molar refractivity (Wildman–Crippen MR) is 55.6 cm³/mol. The molecule has 1 aromatic heterocycles. The summed E-state index contributed by atoms with van der Waals surface area (Å²) in [6, 6.07) is 7.10. The molecule has 0 radical (unpaired) electrons. The highest BCUT2D eigenvalue weighted by Crippen LogP contribution is 2.22. The van der Waals surface area contributed by atoms with Gasteiger partial charge in [0, 0.05) is 22.2 Å². The van der Waals surface area contributed by atoms with Crippen molar-refractivity contribution in [1.82, 2.24) is 4.98 Å². The molecule has 1 aromatic carbocycles. The highest BCUT2D eigenvalue weighted by molar-refractivity contribution is 6.30. The topological polar surface area (TPSA) is 61.7 Å². The zero-order valence-electron chi connectivity index (χ0n) is 7.05. The molecule has 68 valence electrons. The first-order chi connectivity index (χ1) is 6.79. The molecule has 0 bridgehead atoms. The fourth-order valence-electron chi connectivity index (χ4n) is 1.22. The molecule has 1 heterocycles. The number of hydrogen-bond donors (Lipinski definition) is 0. The molecule has 14 heavy (non-hydrogen) atoms. The number of pyridine rings is 1. The van der Waals surface area contributed by atoms with Gasteiger partial charge in [-0.2, -0.15) is 0 Å². The van der Waals surface area contributed by atoms with Crippen molar-refractivity contribution in [2.45, 2.75) is 0 Å². The predicted octanol–water partition coefficient (Wildman–Crippen LogP) is 3.83. The Morgan fingerprint density at radius 1 is 1.29 bits per heavy atom. The number of aromatic nitrogens is 1. The molecule has 0 N–H and O–H groups in total. The van der Waals surface area contributed by atoms with Crippen molar-refractivity contribution in [3.05, 3.63) is 46.1 Å². The fourth-order valence-corrected chi connectivity index (χ4v) is 1.38. The maximum atomic E-state index is 8.26. The molecule has 2 aromatic rings. The van der Waals surface area contributed by atoms with Crippen molar-refractivity contribution < 1.29 is 0 Å². The second kappa shape index (κ2) is 3.54. The minimum Gasteiger partial charge on any atom is -0.244 e. The number of hydrogen-bond acceptors (Lipinski definition) is 2. The van der Waals surface area contributed by atoms with E-state index in [0.717, 1.165) is 10.8 Å². The lowest BCUT2D eigenvalue weighted by Crippen LogP contribution is -1.76. The largest absolute Gasteiger partial charge is 0.244 e. The van der Waals surface area contributed by atoms with Gasteiger partial charge in [0.25, 0.3) is 0 Å². The van der Waals surface area contributed by atoms with Crippen LogP contribution < -0.4 is 0 Å². The van der Waals surface area contributed by atoms with Crippen molar-refractivity contribution in [2.24, 2.45) is 5.11 Å². The lowest BCUT2D eigenvalue weighted by Gasteiger charge is -1.98. The number of halogens is 1. The second-order valence-electron chi connectivity index (χ2n) is 2.73. The summed E-state index contributed by atoms with van der Waals surface area (Å²) in [6.45, 7) is 0. The average molecular weight is 205 g/mol. The van der Waals surface area contributed by atoms with Crippen molar-refractivity contribution >= 4 is 28.1 Å². The molecular formula is C9H5ClN4. The SMILES string of the molecule is [N-]=[N+]=Nc1ccc2cc(Cl)ncc2c1. The van der Waals surface area contributed by atoms with E-state index in [4.69, 9.17) is 17.1 Å². The van der Waals surface area contributed by atoms with E-state index >= 15 is 0 Å². The normalized spacial score (nSPS) is 9.79. The number of rotatable bonds is 1. The summed E-state index contributed by atoms with van der Waals surface area (Å²) in [6.07, 6.45) is 1.65. The van der Waals surface area contributed by atoms with Crippen LogP contribution in [0, 0.1) is 0 Å². The van der Waals surface area contributed by atoms with Crippen molar-refractivity contribution in [1.29, 1.82) is 0 Å². The highest BCUT2D eigenvalue weighted by atomic mass is 35.5. The van der Waals surface area contributed by atoms with Gasteiger partial charge in [-0.05, 0) is 23.1 Å². The van der Waals surface area contributed by atoms with Crippen LogP contribution >= 0.6 is 11.6 Å². The van der Waals surface area contributed by atoms with Crippen LogP contribution in [0.15, 0.2) is 35.6 Å². The quantitative estimate of drug-likeness (QED) is 0.301. The Morgan fingerprint density at radius 3 is 2.93 bits per heavy atom. The van der Waals surface area contributed by atoms with Gasteiger partial charge in [0.1, 0.15) is 5.15 Å². The molecule has 0 saturated heterocycles. The van der Waals surface area contributed by atoms with E-state index in [1.54, 1.807) is 24.4 Å². The third-order valence-electron chi connectivity index (χ3n) is 1.83. The molecule has 0 aliphatic heterocycles. The minimum atomic E-state index is 0.453. The number of benzene rings is 1. The lowest BCUT2D eigenvalue weighted by molar-refractivity contribution is 1.36. The first-order valence-electron chi connectivity index (χ1n) is 3.90. The van der Waals surface area contributed by atoms with E-state index in [1.807, 2.05) is 6.07 Å². The van der Waals surface area contributed by atoms with Gasteiger partial charge in [0.15, 0.2) is 0 Å². The molecule has 5 heteroatoms. The van der Waals surface area contributed by atoms with E-state index in [-0.39, 0.29) is 0 Å². The van der Waals surface area contributed by atoms with Gasteiger partial charge >= 0.3 is 0 Å². The molecular weight excluding hydrogens is 200 g/mol. The Morgan fingerprint density at radius 2 is 2.14 bits per heavy atom. The zero-order chi connectivity index (χ0) is 9.97. The van der Waals surface area contributed by atoms with Crippen LogP contribution in [0.2, 0.25) is 5.15 Å². The molecule has 0 aliphatic carbocycles. The van der Waals surface area contributed by atoms with Crippen LogP contribution in [0.3, 0.4) is 0 Å². The molecule has 0 saturated carbocycles. The number of azide groups is 1. The first kappa shape index (κ1) is 8.81. The van der Waals surface area contributed by atoms with Gasteiger partial charge in [-0.15, -0.1) is 0 Å².